The van der Waals surface area contributed by atoms with Crippen LogP contribution in [0.1, 0.15) is 42.8 Å². The van der Waals surface area contributed by atoms with E-state index in [4.69, 9.17) is 5.73 Å². The van der Waals surface area contributed by atoms with Gasteiger partial charge in [-0.25, -0.2) is 0 Å². The summed E-state index contributed by atoms with van der Waals surface area (Å²) in [6.45, 7) is 5.75. The van der Waals surface area contributed by atoms with Gasteiger partial charge in [0.15, 0.2) is 0 Å². The Kier molecular flexibility index (Phi) is 3.12. The summed E-state index contributed by atoms with van der Waals surface area (Å²) in [5.41, 5.74) is 7.19. The van der Waals surface area contributed by atoms with E-state index in [9.17, 15) is 9.59 Å². The summed E-state index contributed by atoms with van der Waals surface area (Å²) >= 11 is 0. The number of primary amides is 1. The van der Waals surface area contributed by atoms with Gasteiger partial charge >= 0.3 is 0 Å². The number of carbonyl (C=O) groups excluding carboxylic acids is 2. The molecule has 1 saturated carbocycles. The Hall–Kier alpha value is -1.85. The molecule has 0 aromatic carbocycles. The molecule has 1 fully saturated rings. The van der Waals surface area contributed by atoms with Gasteiger partial charge in [0.05, 0.1) is 11.7 Å². The van der Waals surface area contributed by atoms with Gasteiger partial charge in [-0.2, -0.15) is 5.10 Å². The van der Waals surface area contributed by atoms with Gasteiger partial charge in [0.2, 0.25) is 11.8 Å². The number of rotatable bonds is 4. The van der Waals surface area contributed by atoms with E-state index in [1.54, 1.807) is 11.9 Å². The van der Waals surface area contributed by atoms with E-state index >= 15 is 0 Å². The molecule has 1 atom stereocenters. The average molecular weight is 264 g/mol. The number of H-pyrrole nitrogens is 1. The molecular weight excluding hydrogens is 244 g/mol. The first-order chi connectivity index (χ1) is 8.81. The predicted molar refractivity (Wildman–Crippen MR) is 70.1 cm³/mol. The first-order valence-electron chi connectivity index (χ1n) is 6.40. The van der Waals surface area contributed by atoms with E-state index < -0.39 is 11.3 Å². The monoisotopic (exact) mass is 264 g/mol. The Balaban J connectivity index is 2.23. The van der Waals surface area contributed by atoms with Crippen molar-refractivity contribution in [3.8, 4) is 0 Å². The number of carbonyl (C=O) groups is 2. The van der Waals surface area contributed by atoms with Crippen LogP contribution in [0.5, 0.6) is 0 Å². The van der Waals surface area contributed by atoms with Gasteiger partial charge in [-0.3, -0.25) is 14.7 Å². The highest BCUT2D eigenvalue weighted by atomic mass is 16.2. The number of amides is 2. The van der Waals surface area contributed by atoms with E-state index in [0.717, 1.165) is 17.0 Å². The van der Waals surface area contributed by atoms with Gasteiger partial charge < -0.3 is 10.6 Å². The van der Waals surface area contributed by atoms with Crippen LogP contribution in [0.15, 0.2) is 0 Å². The molecule has 19 heavy (non-hydrogen) atoms. The van der Waals surface area contributed by atoms with Gasteiger partial charge in [0, 0.05) is 18.3 Å². The van der Waals surface area contributed by atoms with Gasteiger partial charge in [0.25, 0.3) is 0 Å². The maximum atomic E-state index is 12.4. The Bertz CT molecular complexity index is 511. The molecule has 2 amide bonds. The zero-order valence-corrected chi connectivity index (χ0v) is 11.8. The number of aromatic amines is 1. The second-order valence-electron chi connectivity index (χ2n) is 5.39. The fourth-order valence-electron chi connectivity index (χ4n) is 2.57. The molecule has 2 rings (SSSR count). The lowest BCUT2D eigenvalue weighted by molar-refractivity contribution is -0.143. The molecule has 1 aromatic heterocycles. The topological polar surface area (TPSA) is 92.1 Å². The average Bonchev–Trinajstić information content (AvgIpc) is 3.10. The number of nitrogens with two attached hydrogens (primary N) is 1. The van der Waals surface area contributed by atoms with E-state index in [2.05, 4.69) is 10.2 Å². The lowest BCUT2D eigenvalue weighted by Crippen LogP contribution is -2.42. The number of hydrogen-bond donors (Lipinski definition) is 2. The van der Waals surface area contributed by atoms with Gasteiger partial charge in [-0.1, -0.05) is 0 Å². The molecule has 104 valence electrons. The summed E-state index contributed by atoms with van der Waals surface area (Å²) in [6, 6.07) is -0.136. The third kappa shape index (κ3) is 2.01. The maximum Gasteiger partial charge on any atom is 0.238 e. The van der Waals surface area contributed by atoms with Crippen LogP contribution in [-0.2, 0) is 9.59 Å². The van der Waals surface area contributed by atoms with E-state index in [1.165, 1.54) is 0 Å². The van der Waals surface area contributed by atoms with E-state index in [0.29, 0.717) is 12.8 Å². The van der Waals surface area contributed by atoms with Gasteiger partial charge in [0.1, 0.15) is 5.41 Å². The molecule has 1 aliphatic rings. The first-order valence-corrected chi connectivity index (χ1v) is 6.40. The molecular formula is C13H20N4O2. The zero-order valence-electron chi connectivity index (χ0n) is 11.8. The van der Waals surface area contributed by atoms with Crippen molar-refractivity contribution in [2.75, 3.05) is 7.05 Å². The van der Waals surface area contributed by atoms with Crippen molar-refractivity contribution in [2.45, 2.75) is 39.7 Å². The lowest BCUT2D eigenvalue weighted by atomic mass is 10.0. The minimum Gasteiger partial charge on any atom is -0.369 e. The molecule has 6 heteroatoms. The van der Waals surface area contributed by atoms with Crippen molar-refractivity contribution in [2.24, 2.45) is 11.1 Å². The predicted octanol–water partition coefficient (Wildman–Crippen LogP) is 0.811. The summed E-state index contributed by atoms with van der Waals surface area (Å²) in [5.74, 6) is -0.704. The molecule has 0 bridgehead atoms. The SMILES string of the molecule is Cc1n[nH]c(C)c1C(C)N(C)C(=O)C1(C(N)=O)CC1. The molecule has 1 heterocycles. The fraction of sp³-hybridized carbons (Fsp3) is 0.615. The third-order valence-electron chi connectivity index (χ3n) is 4.14. The largest absolute Gasteiger partial charge is 0.369 e. The third-order valence-corrected chi connectivity index (χ3v) is 4.14. The lowest BCUT2D eigenvalue weighted by Gasteiger charge is -2.28. The Morgan fingerprint density at radius 3 is 2.37 bits per heavy atom. The number of nitrogens with zero attached hydrogens (tertiary/aromatic N) is 2. The second kappa shape index (κ2) is 4.36. The molecule has 1 aromatic rings. The highest BCUT2D eigenvalue weighted by Gasteiger charge is 2.57. The summed E-state index contributed by atoms with van der Waals surface area (Å²) < 4.78 is 0. The Morgan fingerprint density at radius 2 is 2.00 bits per heavy atom. The van der Waals surface area contributed by atoms with Crippen LogP contribution >= 0.6 is 0 Å². The molecule has 0 aliphatic heterocycles. The van der Waals surface area contributed by atoms with E-state index in [1.807, 2.05) is 20.8 Å². The number of aromatic nitrogens is 2. The Morgan fingerprint density at radius 1 is 1.42 bits per heavy atom. The molecule has 0 radical (unpaired) electrons. The minimum absolute atomic E-state index is 0.136. The molecule has 0 spiro atoms. The Labute approximate surface area is 112 Å². The summed E-state index contributed by atoms with van der Waals surface area (Å²) in [4.78, 5) is 25.5. The van der Waals surface area contributed by atoms with Crippen LogP contribution in [0.25, 0.3) is 0 Å². The van der Waals surface area contributed by atoms with Crippen LogP contribution in [0, 0.1) is 19.3 Å². The van der Waals surface area contributed by atoms with E-state index in [-0.39, 0.29) is 11.9 Å². The molecule has 0 saturated heterocycles. The van der Waals surface area contributed by atoms with Gasteiger partial charge in [-0.15, -0.1) is 0 Å². The normalized spacial score (nSPS) is 17.9. The fourth-order valence-corrected chi connectivity index (χ4v) is 2.57. The molecule has 3 N–H and O–H groups in total. The van der Waals surface area contributed by atoms with Gasteiger partial charge in [-0.05, 0) is 33.6 Å². The van der Waals surface area contributed by atoms with Crippen LogP contribution in [0.4, 0.5) is 0 Å². The van der Waals surface area contributed by atoms with Crippen molar-refractivity contribution in [3.63, 3.8) is 0 Å². The second-order valence-corrected chi connectivity index (χ2v) is 5.39. The molecule has 1 unspecified atom stereocenters. The van der Waals surface area contributed by atoms with Crippen molar-refractivity contribution in [3.05, 3.63) is 17.0 Å². The highest BCUT2D eigenvalue weighted by molar-refractivity contribution is 6.07. The highest BCUT2D eigenvalue weighted by Crippen LogP contribution is 2.47. The maximum absolute atomic E-state index is 12.4. The van der Waals surface area contributed by atoms with Crippen LogP contribution in [0.2, 0.25) is 0 Å². The van der Waals surface area contributed by atoms with Crippen LogP contribution in [0.3, 0.4) is 0 Å². The van der Waals surface area contributed by atoms with Crippen molar-refractivity contribution in [1.82, 2.24) is 15.1 Å². The van der Waals surface area contributed by atoms with Crippen LogP contribution < -0.4 is 5.73 Å². The number of nitrogens with one attached hydrogen (secondary N) is 1. The summed E-state index contributed by atoms with van der Waals surface area (Å²) in [6.07, 6.45) is 1.11. The van der Waals surface area contributed by atoms with Crippen molar-refractivity contribution >= 4 is 11.8 Å². The smallest absolute Gasteiger partial charge is 0.238 e. The quantitative estimate of drug-likeness (QED) is 0.788. The first kappa shape index (κ1) is 13.6. The van der Waals surface area contributed by atoms with Crippen molar-refractivity contribution < 1.29 is 9.59 Å². The molecule has 1 aliphatic carbocycles. The summed E-state index contributed by atoms with van der Waals surface area (Å²) in [5, 5.41) is 7.05. The summed E-state index contributed by atoms with van der Waals surface area (Å²) in [7, 11) is 1.71. The molecule has 6 nitrogen and oxygen atoms in total. The standard InChI is InChI=1S/C13H20N4O2/c1-7-10(8(2)16-15-7)9(3)17(4)12(19)13(5-6-13)11(14)18/h9H,5-6H2,1-4H3,(H2,14,18)(H,15,16). The zero-order chi connectivity index (χ0) is 14.4. The number of hydrogen-bond acceptors (Lipinski definition) is 3. The number of aryl methyl sites for hydroxylation is 2. The minimum atomic E-state index is -0.964. The van der Waals surface area contributed by atoms with Crippen molar-refractivity contribution in [1.29, 1.82) is 0 Å². The van der Waals surface area contributed by atoms with Crippen LogP contribution in [-0.4, -0.2) is 34.0 Å².